The lowest BCUT2D eigenvalue weighted by Gasteiger charge is -2.53. The fraction of sp³-hybridized carbons (Fsp3) is 0.450. The third kappa shape index (κ3) is 1.62. The Balaban J connectivity index is 2.06. The van der Waals surface area contributed by atoms with Gasteiger partial charge in [-0.25, -0.2) is 0 Å². The van der Waals surface area contributed by atoms with Gasteiger partial charge in [-0.3, -0.25) is 9.69 Å². The second-order valence-electron chi connectivity index (χ2n) is 7.25. The van der Waals surface area contributed by atoms with Crippen LogP contribution in [0.2, 0.25) is 0 Å². The van der Waals surface area contributed by atoms with Gasteiger partial charge in [-0.1, -0.05) is 18.2 Å². The number of benzene rings is 1. The van der Waals surface area contributed by atoms with Gasteiger partial charge in [0.15, 0.2) is 5.78 Å². The third-order valence-corrected chi connectivity index (χ3v) is 6.08. The molecule has 3 aliphatic rings. The van der Waals surface area contributed by atoms with E-state index in [0.717, 1.165) is 25.0 Å². The number of allylic oxidation sites excluding steroid dienone is 3. The highest BCUT2D eigenvalue weighted by Crippen LogP contribution is 2.52. The minimum absolute atomic E-state index is 0.0428. The number of hydrogen-bond donors (Lipinski definition) is 0. The van der Waals surface area contributed by atoms with Gasteiger partial charge in [-0.05, 0) is 86.7 Å². The van der Waals surface area contributed by atoms with Gasteiger partial charge in [-0.15, -0.1) is 0 Å². The molecule has 0 aromatic heterocycles. The molecule has 1 aromatic carbocycles. The maximum absolute atomic E-state index is 12.3. The van der Waals surface area contributed by atoms with Gasteiger partial charge in [0.2, 0.25) is 0 Å². The largest absolute Gasteiger partial charge is 0.299 e. The molecule has 2 bridgehead atoms. The first kappa shape index (κ1) is 14.0. The average Bonchev–Trinajstić information content (AvgIpc) is 2.48. The topological polar surface area (TPSA) is 20.3 Å². The summed E-state index contributed by atoms with van der Waals surface area (Å²) in [7, 11) is 2.19. The predicted molar refractivity (Wildman–Crippen MR) is 89.2 cm³/mol. The maximum Gasteiger partial charge on any atom is 0.181 e. The van der Waals surface area contributed by atoms with Crippen molar-refractivity contribution in [2.24, 2.45) is 0 Å². The summed E-state index contributed by atoms with van der Waals surface area (Å²) in [6.45, 7) is 7.50. The van der Waals surface area contributed by atoms with Gasteiger partial charge in [0, 0.05) is 11.5 Å². The maximum atomic E-state index is 12.3. The van der Waals surface area contributed by atoms with Gasteiger partial charge < -0.3 is 0 Å². The van der Waals surface area contributed by atoms with Crippen molar-refractivity contribution in [3.63, 3.8) is 0 Å². The van der Waals surface area contributed by atoms with E-state index in [0.29, 0.717) is 6.04 Å². The summed E-state index contributed by atoms with van der Waals surface area (Å²) in [5, 5.41) is 0. The molecule has 1 aromatic rings. The highest BCUT2D eigenvalue weighted by Gasteiger charge is 2.50. The van der Waals surface area contributed by atoms with Gasteiger partial charge in [-0.2, -0.15) is 0 Å². The predicted octanol–water partition coefficient (Wildman–Crippen LogP) is 3.26. The molecule has 1 saturated heterocycles. The Labute approximate surface area is 132 Å². The van der Waals surface area contributed by atoms with Gasteiger partial charge in [0.1, 0.15) is 0 Å². The van der Waals surface area contributed by atoms with E-state index in [-0.39, 0.29) is 11.2 Å². The molecule has 0 saturated carbocycles. The molecule has 4 rings (SSSR count). The number of hydrogen-bond acceptors (Lipinski definition) is 2. The van der Waals surface area contributed by atoms with Crippen molar-refractivity contribution in [1.29, 1.82) is 0 Å². The molecule has 1 fully saturated rings. The quantitative estimate of drug-likeness (QED) is 0.732. The van der Waals surface area contributed by atoms with E-state index < -0.39 is 0 Å². The standard InChI is InChI=1S/C20H23NO/c1-12-5-6-15-9-17-16-10-18(22)13(2)11-20(16,7-8-21(17)4)19(15)14(12)3/h5-6,10-11,17H,7-9H2,1-4H3/t17-,20+/m1/s1. The summed E-state index contributed by atoms with van der Waals surface area (Å²) < 4.78 is 0. The van der Waals surface area contributed by atoms with Crippen LogP contribution in [-0.4, -0.2) is 30.3 Å². The van der Waals surface area contributed by atoms with Gasteiger partial charge in [0.05, 0.1) is 0 Å². The molecule has 0 amide bonds. The molecule has 2 heteroatoms. The number of rotatable bonds is 0. The smallest absolute Gasteiger partial charge is 0.181 e. The van der Waals surface area contributed by atoms with Crippen LogP contribution in [0.15, 0.2) is 35.4 Å². The highest BCUT2D eigenvalue weighted by atomic mass is 16.1. The number of ketones is 1. The number of fused-ring (bicyclic) bond motifs is 1. The number of carbonyl (C=O) groups excluding carboxylic acids is 1. The van der Waals surface area contributed by atoms with Crippen LogP contribution in [0.5, 0.6) is 0 Å². The molecular weight excluding hydrogens is 270 g/mol. The molecule has 22 heavy (non-hydrogen) atoms. The van der Waals surface area contributed by atoms with Crippen LogP contribution < -0.4 is 0 Å². The van der Waals surface area contributed by atoms with E-state index in [9.17, 15) is 4.79 Å². The Hall–Kier alpha value is -1.67. The minimum Gasteiger partial charge on any atom is -0.299 e. The van der Waals surface area contributed by atoms with Gasteiger partial charge >= 0.3 is 0 Å². The first-order chi connectivity index (χ1) is 10.4. The number of carbonyl (C=O) groups is 1. The fourth-order valence-corrected chi connectivity index (χ4v) is 4.74. The number of aryl methyl sites for hydroxylation is 1. The lowest BCUT2D eigenvalue weighted by molar-refractivity contribution is -0.111. The third-order valence-electron chi connectivity index (χ3n) is 6.08. The van der Waals surface area contributed by atoms with Crippen molar-refractivity contribution < 1.29 is 4.79 Å². The first-order valence-electron chi connectivity index (χ1n) is 8.20. The minimum atomic E-state index is -0.0428. The Morgan fingerprint density at radius 1 is 1.23 bits per heavy atom. The summed E-state index contributed by atoms with van der Waals surface area (Å²) in [6.07, 6.45) is 6.32. The number of likely N-dealkylation sites (N-methyl/N-ethyl adjacent to an activating group) is 1. The van der Waals surface area contributed by atoms with Crippen LogP contribution in [0.1, 0.15) is 35.6 Å². The van der Waals surface area contributed by atoms with Crippen LogP contribution in [0.25, 0.3) is 0 Å². The number of likely N-dealkylation sites (tertiary alicyclic amines) is 1. The summed E-state index contributed by atoms with van der Waals surface area (Å²) >= 11 is 0. The molecule has 1 heterocycles. The fourth-order valence-electron chi connectivity index (χ4n) is 4.74. The van der Waals surface area contributed by atoms with Crippen molar-refractivity contribution in [3.8, 4) is 0 Å². The lowest BCUT2D eigenvalue weighted by Crippen LogP contribution is -2.54. The zero-order valence-corrected chi connectivity index (χ0v) is 13.9. The molecule has 2 nitrogen and oxygen atoms in total. The monoisotopic (exact) mass is 293 g/mol. The van der Waals surface area contributed by atoms with Crippen molar-refractivity contribution in [3.05, 3.63) is 57.7 Å². The molecule has 0 radical (unpaired) electrons. The van der Waals surface area contributed by atoms with Gasteiger partial charge in [0.25, 0.3) is 0 Å². The van der Waals surface area contributed by atoms with E-state index >= 15 is 0 Å². The lowest BCUT2D eigenvalue weighted by atomic mass is 9.57. The normalized spacial score (nSPS) is 30.4. The Morgan fingerprint density at radius 2 is 2.00 bits per heavy atom. The van der Waals surface area contributed by atoms with Crippen LogP contribution in [0.4, 0.5) is 0 Å². The summed E-state index contributed by atoms with van der Waals surface area (Å²) in [5.74, 6) is 0.194. The van der Waals surface area contributed by atoms with E-state index in [1.807, 2.05) is 13.0 Å². The van der Waals surface area contributed by atoms with E-state index in [4.69, 9.17) is 0 Å². The van der Waals surface area contributed by atoms with Crippen LogP contribution in [0.3, 0.4) is 0 Å². The van der Waals surface area contributed by atoms with Crippen molar-refractivity contribution in [1.82, 2.24) is 4.90 Å². The van der Waals surface area contributed by atoms with Crippen molar-refractivity contribution >= 4 is 5.78 Å². The second kappa shape index (κ2) is 4.42. The molecule has 0 spiro atoms. The molecule has 114 valence electrons. The van der Waals surface area contributed by atoms with E-state index in [1.54, 1.807) is 0 Å². The number of nitrogens with zero attached hydrogens (tertiary/aromatic N) is 1. The summed E-state index contributed by atoms with van der Waals surface area (Å²) in [4.78, 5) is 14.7. The second-order valence-corrected chi connectivity index (χ2v) is 7.25. The zero-order chi connectivity index (χ0) is 15.6. The molecule has 2 aliphatic carbocycles. The van der Waals surface area contributed by atoms with Crippen LogP contribution in [-0.2, 0) is 16.6 Å². The molecular formula is C20H23NO. The number of piperidine rings is 1. The van der Waals surface area contributed by atoms with E-state index in [1.165, 1.54) is 27.8 Å². The van der Waals surface area contributed by atoms with Crippen LogP contribution >= 0.6 is 0 Å². The average molecular weight is 293 g/mol. The van der Waals surface area contributed by atoms with Crippen LogP contribution in [0, 0.1) is 13.8 Å². The highest BCUT2D eigenvalue weighted by molar-refractivity contribution is 6.06. The van der Waals surface area contributed by atoms with Crippen molar-refractivity contribution in [2.45, 2.75) is 45.1 Å². The van der Waals surface area contributed by atoms with Crippen molar-refractivity contribution in [2.75, 3.05) is 13.6 Å². The molecule has 1 aliphatic heterocycles. The first-order valence-corrected chi connectivity index (χ1v) is 8.20. The summed E-state index contributed by atoms with van der Waals surface area (Å²) in [6, 6.07) is 4.93. The Morgan fingerprint density at radius 3 is 2.77 bits per heavy atom. The molecule has 0 unspecified atom stereocenters. The Kier molecular flexibility index (Phi) is 2.80. The molecule has 0 N–H and O–H groups in total. The summed E-state index contributed by atoms with van der Waals surface area (Å²) in [5.41, 5.74) is 7.90. The molecule has 2 atom stereocenters. The SMILES string of the molecule is CC1=C[C@]23CCN(C)[C@H](Cc4ccc(C)c(C)c42)C3=CC1=O. The Bertz CT molecular complexity index is 755. The van der Waals surface area contributed by atoms with E-state index in [2.05, 4.69) is 44.0 Å². The zero-order valence-electron chi connectivity index (χ0n) is 13.9.